The molecule has 1 heterocycles. The Hall–Kier alpha value is -2.63. The molecule has 2 aromatic carbocycles. The van der Waals surface area contributed by atoms with Crippen molar-refractivity contribution in [2.24, 2.45) is 0 Å². The zero-order valence-electron chi connectivity index (χ0n) is 13.3. The van der Waals surface area contributed by atoms with Crippen LogP contribution in [0, 0.1) is 0 Å². The molecule has 0 aliphatic rings. The summed E-state index contributed by atoms with van der Waals surface area (Å²) in [4.78, 5) is 4.30. The van der Waals surface area contributed by atoms with Gasteiger partial charge in [-0.3, -0.25) is 0 Å². The Bertz CT molecular complexity index is 841. The number of thiocarbonyl (C=S) groups is 1. The maximum Gasteiger partial charge on any atom is 0.176 e. The van der Waals surface area contributed by atoms with Gasteiger partial charge in [-0.25, -0.2) is 4.98 Å². The first-order valence-corrected chi connectivity index (χ1v) is 8.44. The normalized spacial score (nSPS) is 10.1. The van der Waals surface area contributed by atoms with Crippen LogP contribution in [0.2, 0.25) is 5.02 Å². The summed E-state index contributed by atoms with van der Waals surface area (Å²) in [7, 11) is 0. The highest BCUT2D eigenvalue weighted by Crippen LogP contribution is 2.23. The third-order valence-corrected chi connectivity index (χ3v) is 3.80. The van der Waals surface area contributed by atoms with Gasteiger partial charge < -0.3 is 15.4 Å². The zero-order chi connectivity index (χ0) is 17.5. The molecule has 0 unspecified atom stereocenters. The first kappa shape index (κ1) is 17.2. The summed E-state index contributed by atoms with van der Waals surface area (Å²) in [5.74, 6) is 1.18. The van der Waals surface area contributed by atoms with Crippen molar-refractivity contribution in [2.45, 2.75) is 6.61 Å². The Balaban J connectivity index is 1.64. The minimum Gasteiger partial charge on any atom is -0.485 e. The number of nitrogens with one attached hydrogen (secondary N) is 2. The summed E-state index contributed by atoms with van der Waals surface area (Å²) in [5.41, 5.74) is 1.92. The molecule has 0 radical (unpaired) electrons. The molecule has 0 spiro atoms. The lowest BCUT2D eigenvalue weighted by atomic mass is 10.2. The minimum absolute atomic E-state index is 0.413. The van der Waals surface area contributed by atoms with Gasteiger partial charge in [-0.15, -0.1) is 0 Å². The van der Waals surface area contributed by atoms with Crippen LogP contribution < -0.4 is 15.4 Å². The first-order chi connectivity index (χ1) is 12.2. The van der Waals surface area contributed by atoms with Gasteiger partial charge in [0.25, 0.3) is 0 Å². The second kappa shape index (κ2) is 8.46. The molecule has 0 saturated heterocycles. The molecule has 0 bridgehead atoms. The molecule has 6 heteroatoms. The van der Waals surface area contributed by atoms with Gasteiger partial charge in [0.15, 0.2) is 16.7 Å². The lowest BCUT2D eigenvalue weighted by Crippen LogP contribution is -2.20. The van der Waals surface area contributed by atoms with Gasteiger partial charge in [-0.1, -0.05) is 41.9 Å². The van der Waals surface area contributed by atoms with Crippen molar-refractivity contribution in [3.05, 3.63) is 83.5 Å². The van der Waals surface area contributed by atoms with E-state index in [1.54, 1.807) is 6.20 Å². The monoisotopic (exact) mass is 369 g/mol. The van der Waals surface area contributed by atoms with E-state index < -0.39 is 0 Å². The van der Waals surface area contributed by atoms with Crippen LogP contribution in [0.5, 0.6) is 5.75 Å². The van der Waals surface area contributed by atoms with Crippen molar-refractivity contribution in [1.82, 2.24) is 4.98 Å². The van der Waals surface area contributed by atoms with E-state index in [9.17, 15) is 0 Å². The fourth-order valence-corrected chi connectivity index (χ4v) is 2.47. The maximum atomic E-state index is 5.90. The molecule has 25 heavy (non-hydrogen) atoms. The van der Waals surface area contributed by atoms with E-state index in [1.165, 1.54) is 0 Å². The number of anilines is 2. The highest BCUT2D eigenvalue weighted by atomic mass is 35.5. The van der Waals surface area contributed by atoms with Crippen molar-refractivity contribution in [3.63, 3.8) is 0 Å². The first-order valence-electron chi connectivity index (χ1n) is 7.66. The average molecular weight is 370 g/mol. The van der Waals surface area contributed by atoms with Gasteiger partial charge >= 0.3 is 0 Å². The summed E-state index contributed by atoms with van der Waals surface area (Å²) in [6.07, 6.45) is 1.68. The average Bonchev–Trinajstić information content (AvgIpc) is 2.63. The molecule has 3 aromatic rings. The second-order valence-corrected chi connectivity index (χ2v) is 6.06. The smallest absolute Gasteiger partial charge is 0.176 e. The summed E-state index contributed by atoms with van der Waals surface area (Å²) >= 11 is 11.2. The maximum absolute atomic E-state index is 5.90. The van der Waals surface area contributed by atoms with E-state index in [4.69, 9.17) is 28.6 Å². The fraction of sp³-hybridized carbons (Fsp3) is 0.0526. The SMILES string of the molecule is S=C(Nc1ccccc1)Nc1ncccc1OCc1ccc(Cl)cc1. The molecule has 0 saturated carbocycles. The quantitative estimate of drug-likeness (QED) is 0.611. The van der Waals surface area contributed by atoms with Crippen LogP contribution >= 0.6 is 23.8 Å². The largest absolute Gasteiger partial charge is 0.485 e. The Morgan fingerprint density at radius 1 is 0.960 bits per heavy atom. The number of para-hydroxylation sites is 1. The van der Waals surface area contributed by atoms with E-state index in [2.05, 4.69) is 15.6 Å². The predicted molar refractivity (Wildman–Crippen MR) is 106 cm³/mol. The molecule has 0 amide bonds. The Kier molecular flexibility index (Phi) is 5.82. The molecular weight excluding hydrogens is 354 g/mol. The zero-order valence-corrected chi connectivity index (χ0v) is 14.8. The molecule has 4 nitrogen and oxygen atoms in total. The van der Waals surface area contributed by atoms with Crippen LogP contribution in [-0.2, 0) is 6.61 Å². The standard InChI is InChI=1S/C19H16ClN3OS/c20-15-10-8-14(9-11-15)13-24-17-7-4-12-21-18(17)23-19(25)22-16-5-2-1-3-6-16/h1-12H,13H2,(H2,21,22,23,25). The highest BCUT2D eigenvalue weighted by Gasteiger charge is 2.07. The molecule has 0 aliphatic carbocycles. The Morgan fingerprint density at radius 3 is 2.48 bits per heavy atom. The van der Waals surface area contributed by atoms with Gasteiger partial charge in [-0.2, -0.15) is 0 Å². The molecule has 2 N–H and O–H groups in total. The van der Waals surface area contributed by atoms with Gasteiger partial charge in [-0.05, 0) is 54.2 Å². The summed E-state index contributed by atoms with van der Waals surface area (Å²) in [5, 5.41) is 7.32. The topological polar surface area (TPSA) is 46.2 Å². The van der Waals surface area contributed by atoms with Gasteiger partial charge in [0, 0.05) is 16.9 Å². The number of hydrogen-bond acceptors (Lipinski definition) is 3. The van der Waals surface area contributed by atoms with Crippen LogP contribution in [0.4, 0.5) is 11.5 Å². The minimum atomic E-state index is 0.413. The summed E-state index contributed by atoms with van der Waals surface area (Å²) in [6.45, 7) is 0.413. The molecular formula is C19H16ClN3OS. The Morgan fingerprint density at radius 2 is 1.72 bits per heavy atom. The van der Waals surface area contributed by atoms with E-state index in [0.717, 1.165) is 11.3 Å². The summed E-state index contributed by atoms with van der Waals surface area (Å²) in [6, 6.07) is 20.9. The number of nitrogens with zero attached hydrogens (tertiary/aromatic N) is 1. The van der Waals surface area contributed by atoms with Gasteiger partial charge in [0.1, 0.15) is 6.61 Å². The number of aromatic nitrogens is 1. The van der Waals surface area contributed by atoms with E-state index >= 15 is 0 Å². The number of rotatable bonds is 5. The van der Waals surface area contributed by atoms with E-state index in [-0.39, 0.29) is 0 Å². The van der Waals surface area contributed by atoms with E-state index in [1.807, 2.05) is 66.7 Å². The molecule has 0 fully saturated rings. The molecule has 3 rings (SSSR count). The van der Waals surface area contributed by atoms with E-state index in [0.29, 0.717) is 28.3 Å². The number of pyridine rings is 1. The Labute approximate surface area is 156 Å². The van der Waals surface area contributed by atoms with Crippen molar-refractivity contribution >= 4 is 40.4 Å². The van der Waals surface area contributed by atoms with Crippen LogP contribution in [0.1, 0.15) is 5.56 Å². The van der Waals surface area contributed by atoms with Crippen LogP contribution in [0.25, 0.3) is 0 Å². The van der Waals surface area contributed by atoms with Crippen LogP contribution in [-0.4, -0.2) is 10.1 Å². The van der Waals surface area contributed by atoms with Crippen molar-refractivity contribution < 1.29 is 4.74 Å². The van der Waals surface area contributed by atoms with Crippen molar-refractivity contribution in [3.8, 4) is 5.75 Å². The summed E-state index contributed by atoms with van der Waals surface area (Å²) < 4.78 is 5.86. The van der Waals surface area contributed by atoms with Crippen LogP contribution in [0.15, 0.2) is 72.9 Å². The molecule has 0 atom stereocenters. The lowest BCUT2D eigenvalue weighted by Gasteiger charge is -2.14. The lowest BCUT2D eigenvalue weighted by molar-refractivity contribution is 0.307. The van der Waals surface area contributed by atoms with Gasteiger partial charge in [0.2, 0.25) is 0 Å². The predicted octanol–water partition coefficient (Wildman–Crippen LogP) is 5.12. The third kappa shape index (κ3) is 5.17. The molecule has 126 valence electrons. The highest BCUT2D eigenvalue weighted by molar-refractivity contribution is 7.80. The number of halogens is 1. The van der Waals surface area contributed by atoms with Crippen LogP contribution in [0.3, 0.4) is 0 Å². The fourth-order valence-electron chi connectivity index (χ4n) is 2.13. The number of hydrogen-bond donors (Lipinski definition) is 2. The van der Waals surface area contributed by atoms with Gasteiger partial charge in [0.05, 0.1) is 0 Å². The van der Waals surface area contributed by atoms with Crippen molar-refractivity contribution in [1.29, 1.82) is 0 Å². The van der Waals surface area contributed by atoms with Crippen molar-refractivity contribution in [2.75, 3.05) is 10.6 Å². The molecule has 1 aromatic heterocycles. The second-order valence-electron chi connectivity index (χ2n) is 5.21. The molecule has 0 aliphatic heterocycles. The number of benzene rings is 2. The number of ether oxygens (including phenoxy) is 1. The third-order valence-electron chi connectivity index (χ3n) is 3.34.